The minimum atomic E-state index is -0.495. The number of rotatable bonds is 7. The summed E-state index contributed by atoms with van der Waals surface area (Å²) in [5.41, 5.74) is 8.99. The van der Waals surface area contributed by atoms with Crippen LogP contribution in [0.5, 0.6) is 0 Å². The van der Waals surface area contributed by atoms with Crippen molar-refractivity contribution in [1.82, 2.24) is 15.1 Å². The molecule has 1 saturated heterocycles. The summed E-state index contributed by atoms with van der Waals surface area (Å²) in [6, 6.07) is 12.8. The van der Waals surface area contributed by atoms with Gasteiger partial charge in [-0.2, -0.15) is 0 Å². The van der Waals surface area contributed by atoms with E-state index in [1.807, 2.05) is 53.9 Å². The highest BCUT2D eigenvalue weighted by molar-refractivity contribution is 7.14. The lowest BCUT2D eigenvalue weighted by Crippen LogP contribution is -2.49. The van der Waals surface area contributed by atoms with Crippen LogP contribution in [0.2, 0.25) is 0 Å². The van der Waals surface area contributed by atoms with Crippen LogP contribution in [-0.2, 0) is 4.79 Å². The van der Waals surface area contributed by atoms with Crippen molar-refractivity contribution < 1.29 is 9.59 Å². The molecular formula is C28H30ClN5O2S2. The van der Waals surface area contributed by atoms with E-state index < -0.39 is 6.04 Å². The van der Waals surface area contributed by atoms with E-state index in [1.54, 1.807) is 23.5 Å². The van der Waals surface area contributed by atoms with E-state index in [0.29, 0.717) is 22.7 Å². The second-order valence-electron chi connectivity index (χ2n) is 9.44. The van der Waals surface area contributed by atoms with Crippen molar-refractivity contribution in [2.24, 2.45) is 0 Å². The van der Waals surface area contributed by atoms with Gasteiger partial charge in [0.1, 0.15) is 6.04 Å². The molecule has 1 aromatic carbocycles. The van der Waals surface area contributed by atoms with Gasteiger partial charge in [-0.05, 0) is 60.8 Å². The van der Waals surface area contributed by atoms with E-state index in [2.05, 4.69) is 27.5 Å². The molecule has 198 valence electrons. The molecule has 4 N–H and O–H groups in total. The molecule has 2 aliphatic rings. The van der Waals surface area contributed by atoms with Crippen molar-refractivity contribution in [1.29, 1.82) is 0 Å². The predicted octanol–water partition coefficient (Wildman–Crippen LogP) is 5.17. The van der Waals surface area contributed by atoms with Gasteiger partial charge >= 0.3 is 0 Å². The van der Waals surface area contributed by atoms with Crippen LogP contribution in [0.25, 0.3) is 10.4 Å². The molecule has 2 aromatic heterocycles. The van der Waals surface area contributed by atoms with E-state index >= 15 is 0 Å². The quantitative estimate of drug-likeness (QED) is 0.271. The molecule has 2 amide bonds. The molecule has 2 atom stereocenters. The molecule has 1 aliphatic heterocycles. The minimum Gasteiger partial charge on any atom is -0.397 e. The number of nitrogen functional groups attached to an aromatic ring is 1. The van der Waals surface area contributed by atoms with Gasteiger partial charge in [0.15, 0.2) is 0 Å². The summed E-state index contributed by atoms with van der Waals surface area (Å²) < 4.78 is 0. The molecule has 3 aromatic rings. The summed E-state index contributed by atoms with van der Waals surface area (Å²) in [4.78, 5) is 33.7. The van der Waals surface area contributed by atoms with Crippen LogP contribution in [-0.4, -0.2) is 60.2 Å². The normalized spacial score (nSPS) is 19.1. The van der Waals surface area contributed by atoms with Crippen LogP contribution in [0.3, 0.4) is 0 Å². The van der Waals surface area contributed by atoms with Crippen LogP contribution < -0.4 is 16.4 Å². The van der Waals surface area contributed by atoms with Gasteiger partial charge in [-0.1, -0.05) is 24.3 Å². The second-order valence-corrected chi connectivity index (χ2v) is 12.1. The zero-order valence-corrected chi connectivity index (χ0v) is 23.4. The van der Waals surface area contributed by atoms with E-state index in [-0.39, 0.29) is 17.2 Å². The summed E-state index contributed by atoms with van der Waals surface area (Å²) in [6.45, 7) is 3.27. The lowest BCUT2D eigenvalue weighted by molar-refractivity contribution is -0.126. The molecule has 1 fully saturated rings. The van der Waals surface area contributed by atoms with Crippen molar-refractivity contribution in [3.8, 4) is 10.4 Å². The Kier molecular flexibility index (Phi) is 8.30. The smallest absolute Gasteiger partial charge is 0.265 e. The number of allylic oxidation sites excluding steroid dienone is 3. The lowest BCUT2D eigenvalue weighted by atomic mass is 10.1. The zero-order chi connectivity index (χ0) is 26.6. The SMILES string of the molecule is CN1CCN(C(C(=O)NC2=CCC(Cl)C=C2)c2ccc(C(=O)Nc3cc(-c4cccs4)ccc3N)s2)CC1. The predicted molar refractivity (Wildman–Crippen MR) is 158 cm³/mol. The molecule has 3 heterocycles. The third-order valence-electron chi connectivity index (χ3n) is 6.69. The van der Waals surface area contributed by atoms with Gasteiger partial charge in [0.2, 0.25) is 5.91 Å². The van der Waals surface area contributed by atoms with Gasteiger partial charge in [0.05, 0.1) is 21.6 Å². The summed E-state index contributed by atoms with van der Waals surface area (Å²) in [7, 11) is 2.08. The van der Waals surface area contributed by atoms with Crippen molar-refractivity contribution in [3.63, 3.8) is 0 Å². The monoisotopic (exact) mass is 567 g/mol. The number of thiophene rings is 2. The topological polar surface area (TPSA) is 90.7 Å². The van der Waals surface area contributed by atoms with Gasteiger partial charge < -0.3 is 21.3 Å². The molecule has 0 spiro atoms. The number of nitrogens with one attached hydrogen (secondary N) is 2. The van der Waals surface area contributed by atoms with Gasteiger partial charge in [-0.15, -0.1) is 34.3 Å². The first-order valence-electron chi connectivity index (χ1n) is 12.5. The number of hydrogen-bond acceptors (Lipinski definition) is 7. The van der Waals surface area contributed by atoms with Crippen molar-refractivity contribution in [2.75, 3.05) is 44.3 Å². The Morgan fingerprint density at radius 3 is 2.63 bits per heavy atom. The van der Waals surface area contributed by atoms with E-state index in [1.165, 1.54) is 11.3 Å². The van der Waals surface area contributed by atoms with Crippen LogP contribution in [0, 0.1) is 0 Å². The number of hydrogen-bond donors (Lipinski definition) is 3. The maximum Gasteiger partial charge on any atom is 0.265 e. The molecule has 7 nitrogen and oxygen atoms in total. The van der Waals surface area contributed by atoms with Crippen molar-refractivity contribution in [2.45, 2.75) is 17.8 Å². The number of nitrogens with zero attached hydrogens (tertiary/aromatic N) is 2. The molecule has 2 unspecified atom stereocenters. The largest absolute Gasteiger partial charge is 0.397 e. The molecule has 1 aliphatic carbocycles. The highest BCUT2D eigenvalue weighted by Crippen LogP contribution is 2.33. The standard InChI is InChI=1S/C28H30ClN5O2S2/c1-33-12-14-34(15-13-33)26(28(36)31-20-7-5-19(29)6-8-20)24-10-11-25(38-24)27(35)32-22-17-18(4-9-21(22)30)23-3-2-16-37-23/h2-5,7-11,16-17,19,26H,6,12-15,30H2,1H3,(H,31,36)(H,32,35). The Bertz CT molecular complexity index is 1360. The van der Waals surface area contributed by atoms with Gasteiger partial charge in [-0.3, -0.25) is 14.5 Å². The van der Waals surface area contributed by atoms with E-state index in [4.69, 9.17) is 17.3 Å². The van der Waals surface area contributed by atoms with Crippen molar-refractivity contribution >= 4 is 57.5 Å². The van der Waals surface area contributed by atoms with E-state index in [9.17, 15) is 9.59 Å². The van der Waals surface area contributed by atoms with Crippen LogP contribution >= 0.6 is 34.3 Å². The number of nitrogens with two attached hydrogens (primary N) is 1. The summed E-state index contributed by atoms with van der Waals surface area (Å²) in [5, 5.41) is 7.99. The Labute approximate surface area is 235 Å². The minimum absolute atomic E-state index is 0.0533. The Hall–Kier alpha value is -2.95. The number of alkyl halides is 1. The Balaban J connectivity index is 1.35. The van der Waals surface area contributed by atoms with Gasteiger partial charge in [-0.25, -0.2) is 0 Å². The number of halogens is 1. The maximum atomic E-state index is 13.6. The highest BCUT2D eigenvalue weighted by atomic mass is 35.5. The fourth-order valence-corrected chi connectivity index (χ4v) is 6.44. The molecule has 5 rings (SSSR count). The Morgan fingerprint density at radius 2 is 1.92 bits per heavy atom. The molecule has 10 heteroatoms. The fourth-order valence-electron chi connectivity index (χ4n) is 4.52. The summed E-state index contributed by atoms with van der Waals surface area (Å²) >= 11 is 9.11. The first-order valence-corrected chi connectivity index (χ1v) is 14.6. The van der Waals surface area contributed by atoms with Crippen molar-refractivity contribution in [3.05, 3.63) is 81.5 Å². The Morgan fingerprint density at radius 1 is 1.11 bits per heavy atom. The molecule has 0 radical (unpaired) electrons. The number of carbonyl (C=O) groups excluding carboxylic acids is 2. The first-order chi connectivity index (χ1) is 18.4. The highest BCUT2D eigenvalue weighted by Gasteiger charge is 2.32. The van der Waals surface area contributed by atoms with Crippen LogP contribution in [0.4, 0.5) is 11.4 Å². The molecule has 0 saturated carbocycles. The van der Waals surface area contributed by atoms with Crippen LogP contribution in [0.15, 0.2) is 71.8 Å². The average molecular weight is 568 g/mol. The van der Waals surface area contributed by atoms with Gasteiger partial charge in [0, 0.05) is 41.6 Å². The number of anilines is 2. The zero-order valence-electron chi connectivity index (χ0n) is 21.0. The lowest BCUT2D eigenvalue weighted by Gasteiger charge is -2.37. The fraction of sp³-hybridized carbons (Fsp3) is 0.286. The molecular weight excluding hydrogens is 538 g/mol. The number of benzene rings is 1. The average Bonchev–Trinajstić information content (AvgIpc) is 3.61. The molecule has 38 heavy (non-hydrogen) atoms. The van der Waals surface area contributed by atoms with Crippen LogP contribution in [0.1, 0.15) is 27.0 Å². The number of amides is 2. The molecule has 0 bridgehead atoms. The number of piperazine rings is 1. The number of carbonyl (C=O) groups is 2. The third-order valence-corrected chi connectivity index (χ3v) is 9.07. The number of likely N-dealkylation sites (N-methyl/N-ethyl adjacent to an activating group) is 1. The second kappa shape index (κ2) is 11.8. The first kappa shape index (κ1) is 26.6. The van der Waals surface area contributed by atoms with E-state index in [0.717, 1.165) is 47.2 Å². The van der Waals surface area contributed by atoms with Gasteiger partial charge in [0.25, 0.3) is 5.91 Å². The summed E-state index contributed by atoms with van der Waals surface area (Å²) in [5.74, 6) is -0.361. The third kappa shape index (κ3) is 6.19. The maximum absolute atomic E-state index is 13.6. The summed E-state index contributed by atoms with van der Waals surface area (Å²) in [6.07, 6.45) is 6.35.